The summed E-state index contributed by atoms with van der Waals surface area (Å²) in [6.07, 6.45) is 0. The number of carboxylic acids is 1. The molecule has 1 unspecified atom stereocenters. The van der Waals surface area contributed by atoms with Gasteiger partial charge in [-0.2, -0.15) is 0 Å². The van der Waals surface area contributed by atoms with Gasteiger partial charge >= 0.3 is 5.97 Å². The van der Waals surface area contributed by atoms with E-state index in [1.807, 2.05) is 4.90 Å². The Hall–Kier alpha value is -1.36. The molecule has 0 radical (unpaired) electrons. The quantitative estimate of drug-likeness (QED) is 0.809. The van der Waals surface area contributed by atoms with Gasteiger partial charge in [-0.05, 0) is 16.4 Å². The van der Waals surface area contributed by atoms with Crippen LogP contribution in [0.15, 0.2) is 16.3 Å². The molecule has 2 aliphatic rings. The average Bonchev–Trinajstić information content (AvgIpc) is 2.41. The first-order chi connectivity index (χ1) is 11.6. The number of piperazine rings is 1. The van der Waals surface area contributed by atoms with Crippen LogP contribution in [0.5, 0.6) is 0 Å². The average molecular weight is 364 g/mol. The Balaban J connectivity index is 2.62. The van der Waals surface area contributed by atoms with Crippen LogP contribution < -0.4 is 0 Å². The second-order valence-electron chi connectivity index (χ2n) is 10.8. The maximum atomic E-state index is 11.3. The van der Waals surface area contributed by atoms with E-state index in [0.717, 1.165) is 18.9 Å². The van der Waals surface area contributed by atoms with Crippen molar-refractivity contribution in [2.75, 3.05) is 26.2 Å². The molecule has 0 spiro atoms. The maximum Gasteiger partial charge on any atom is 0.317 e. The fourth-order valence-electron chi connectivity index (χ4n) is 4.03. The molecule has 5 heteroatoms. The summed E-state index contributed by atoms with van der Waals surface area (Å²) in [6, 6.07) is 0.104. The van der Waals surface area contributed by atoms with E-state index in [0.29, 0.717) is 6.54 Å². The van der Waals surface area contributed by atoms with Gasteiger partial charge in [0.05, 0.1) is 12.6 Å². The summed E-state index contributed by atoms with van der Waals surface area (Å²) in [4.78, 5) is 21.0. The number of hydrogen-bond donors (Lipinski definition) is 1. The molecule has 1 N–H and O–H groups in total. The van der Waals surface area contributed by atoms with Crippen LogP contribution in [0.25, 0.3) is 0 Å². The van der Waals surface area contributed by atoms with Crippen molar-refractivity contribution in [1.82, 2.24) is 9.80 Å². The number of aliphatic carboxylic acids is 1. The number of hydrogen-bond acceptors (Lipinski definition) is 4. The SMILES string of the molecule is CC(C)(C)C1=NC(C(C)(C)C)C(C(C)(C)C)=C2CN(CC(=O)O)CCN12. The summed E-state index contributed by atoms with van der Waals surface area (Å²) < 4.78 is 0. The van der Waals surface area contributed by atoms with Gasteiger partial charge in [-0.1, -0.05) is 62.3 Å². The minimum Gasteiger partial charge on any atom is -0.480 e. The lowest BCUT2D eigenvalue weighted by molar-refractivity contribution is -0.138. The number of carbonyl (C=O) groups is 1. The lowest BCUT2D eigenvalue weighted by Gasteiger charge is -2.50. The number of fused-ring (bicyclic) bond motifs is 1. The lowest BCUT2D eigenvalue weighted by Crippen LogP contribution is -2.56. The van der Waals surface area contributed by atoms with Crippen LogP contribution in [0.4, 0.5) is 0 Å². The molecule has 5 nitrogen and oxygen atoms in total. The van der Waals surface area contributed by atoms with Gasteiger partial charge in [0.15, 0.2) is 0 Å². The Kier molecular flexibility index (Phi) is 5.37. The first kappa shape index (κ1) is 20.9. The third-order valence-corrected chi connectivity index (χ3v) is 5.09. The van der Waals surface area contributed by atoms with Gasteiger partial charge in [0, 0.05) is 30.7 Å². The van der Waals surface area contributed by atoms with Crippen molar-refractivity contribution in [2.45, 2.75) is 68.4 Å². The fourth-order valence-corrected chi connectivity index (χ4v) is 4.03. The highest BCUT2D eigenvalue weighted by Gasteiger charge is 2.44. The fraction of sp³-hybridized carbons (Fsp3) is 0.810. The zero-order chi connectivity index (χ0) is 20.1. The normalized spacial score (nSPS) is 23.0. The molecular weight excluding hydrogens is 326 g/mol. The van der Waals surface area contributed by atoms with Gasteiger partial charge in [-0.3, -0.25) is 14.7 Å². The van der Waals surface area contributed by atoms with Gasteiger partial charge in [-0.25, -0.2) is 0 Å². The summed E-state index contributed by atoms with van der Waals surface area (Å²) in [5, 5.41) is 9.25. The van der Waals surface area contributed by atoms with Crippen LogP contribution in [-0.4, -0.2) is 58.9 Å². The van der Waals surface area contributed by atoms with E-state index >= 15 is 0 Å². The highest BCUT2D eigenvalue weighted by Crippen LogP contribution is 2.45. The molecule has 2 rings (SSSR count). The van der Waals surface area contributed by atoms with Crippen molar-refractivity contribution in [2.24, 2.45) is 21.2 Å². The minimum atomic E-state index is -0.760. The second-order valence-corrected chi connectivity index (χ2v) is 10.8. The van der Waals surface area contributed by atoms with Crippen LogP contribution in [0.2, 0.25) is 0 Å². The van der Waals surface area contributed by atoms with Crippen molar-refractivity contribution in [3.63, 3.8) is 0 Å². The Bertz CT molecular complexity index is 627. The molecule has 1 atom stereocenters. The van der Waals surface area contributed by atoms with Gasteiger partial charge in [-0.15, -0.1) is 0 Å². The number of carboxylic acid groups (broad SMARTS) is 1. The molecule has 26 heavy (non-hydrogen) atoms. The molecule has 0 aromatic carbocycles. The van der Waals surface area contributed by atoms with Crippen molar-refractivity contribution in [1.29, 1.82) is 0 Å². The first-order valence-electron chi connectivity index (χ1n) is 9.66. The van der Waals surface area contributed by atoms with E-state index in [1.165, 1.54) is 11.3 Å². The smallest absolute Gasteiger partial charge is 0.317 e. The number of amidine groups is 1. The van der Waals surface area contributed by atoms with E-state index < -0.39 is 5.97 Å². The third kappa shape index (κ3) is 4.30. The zero-order valence-electron chi connectivity index (χ0n) is 18.1. The Morgan fingerprint density at radius 3 is 2.04 bits per heavy atom. The third-order valence-electron chi connectivity index (χ3n) is 5.09. The molecule has 0 bridgehead atoms. The standard InChI is InChI=1S/C21H37N3O2/c1-19(2,3)16-14-12-23(13-15(25)26)10-11-24(14)18(21(7,8)9)22-17(16)20(4,5)6/h17H,10-13H2,1-9H3,(H,25,26). The molecule has 1 fully saturated rings. The predicted octanol–water partition coefficient (Wildman–Crippen LogP) is 3.86. The van der Waals surface area contributed by atoms with E-state index in [1.54, 1.807) is 0 Å². The maximum absolute atomic E-state index is 11.3. The van der Waals surface area contributed by atoms with Gasteiger partial charge in [0.2, 0.25) is 0 Å². The number of nitrogens with zero attached hydrogens (tertiary/aromatic N) is 3. The first-order valence-corrected chi connectivity index (χ1v) is 9.66. The number of rotatable bonds is 2. The van der Waals surface area contributed by atoms with Crippen LogP contribution in [0.1, 0.15) is 62.3 Å². The Morgan fingerprint density at radius 2 is 1.62 bits per heavy atom. The topological polar surface area (TPSA) is 56.1 Å². The van der Waals surface area contributed by atoms with Crippen LogP contribution in [-0.2, 0) is 4.79 Å². The van der Waals surface area contributed by atoms with Crippen LogP contribution in [0.3, 0.4) is 0 Å². The number of aliphatic imine (C=N–C) groups is 1. The minimum absolute atomic E-state index is 0.00722. The molecule has 0 aromatic rings. The Labute approximate surface area is 159 Å². The molecule has 148 valence electrons. The molecule has 2 heterocycles. The van der Waals surface area contributed by atoms with E-state index in [2.05, 4.69) is 67.2 Å². The van der Waals surface area contributed by atoms with Crippen molar-refractivity contribution in [3.8, 4) is 0 Å². The highest BCUT2D eigenvalue weighted by molar-refractivity contribution is 5.90. The monoisotopic (exact) mass is 363 g/mol. The molecule has 0 aromatic heterocycles. The summed E-state index contributed by atoms with van der Waals surface area (Å²) in [5.74, 6) is 0.375. The van der Waals surface area contributed by atoms with Gasteiger partial charge in [0.1, 0.15) is 5.84 Å². The summed E-state index contributed by atoms with van der Waals surface area (Å²) in [5.41, 5.74) is 2.56. The van der Waals surface area contributed by atoms with Gasteiger partial charge < -0.3 is 10.0 Å². The summed E-state index contributed by atoms with van der Waals surface area (Å²) >= 11 is 0. The van der Waals surface area contributed by atoms with Crippen LogP contribution >= 0.6 is 0 Å². The molecule has 0 aliphatic carbocycles. The van der Waals surface area contributed by atoms with Crippen molar-refractivity contribution in [3.05, 3.63) is 11.3 Å². The van der Waals surface area contributed by atoms with Crippen LogP contribution in [0, 0.1) is 16.2 Å². The predicted molar refractivity (Wildman–Crippen MR) is 107 cm³/mol. The summed E-state index contributed by atoms with van der Waals surface area (Å²) in [7, 11) is 0. The van der Waals surface area contributed by atoms with Gasteiger partial charge in [0.25, 0.3) is 0 Å². The molecule has 0 amide bonds. The van der Waals surface area contributed by atoms with E-state index in [9.17, 15) is 9.90 Å². The molecule has 1 saturated heterocycles. The van der Waals surface area contributed by atoms with E-state index in [4.69, 9.17) is 4.99 Å². The second kappa shape index (κ2) is 6.66. The van der Waals surface area contributed by atoms with Crippen molar-refractivity contribution >= 4 is 11.8 Å². The largest absolute Gasteiger partial charge is 0.480 e. The van der Waals surface area contributed by atoms with E-state index in [-0.39, 0.29) is 28.8 Å². The Morgan fingerprint density at radius 1 is 1.04 bits per heavy atom. The molecular formula is C21H37N3O2. The summed E-state index contributed by atoms with van der Waals surface area (Å²) in [6.45, 7) is 22.5. The lowest BCUT2D eigenvalue weighted by atomic mass is 9.70. The highest BCUT2D eigenvalue weighted by atomic mass is 16.4. The molecule has 0 saturated carbocycles. The van der Waals surface area contributed by atoms with Crippen molar-refractivity contribution < 1.29 is 9.90 Å². The zero-order valence-corrected chi connectivity index (χ0v) is 18.1. The molecule has 2 aliphatic heterocycles.